The molecule has 2 aromatic rings. The van der Waals surface area contributed by atoms with Gasteiger partial charge in [0.15, 0.2) is 5.11 Å². The number of hydrogen-bond acceptors (Lipinski definition) is 5. The second-order valence-corrected chi connectivity index (χ2v) is 5.77. The van der Waals surface area contributed by atoms with Crippen LogP contribution in [-0.2, 0) is 11.5 Å². The Morgan fingerprint density at radius 1 is 1.11 bits per heavy atom. The van der Waals surface area contributed by atoms with Crippen LogP contribution in [0.5, 0.6) is 0 Å². The SMILES string of the molecule is NC(=S)N(SCc1ccco1)SCc1ccco1. The lowest BCUT2D eigenvalue weighted by atomic mass is 10.5. The van der Waals surface area contributed by atoms with Crippen molar-refractivity contribution in [3.63, 3.8) is 0 Å². The summed E-state index contributed by atoms with van der Waals surface area (Å²) < 4.78 is 12.3. The molecule has 2 N–H and O–H groups in total. The summed E-state index contributed by atoms with van der Waals surface area (Å²) in [5, 5.41) is 0.336. The molecule has 96 valence electrons. The number of furan rings is 2. The maximum absolute atomic E-state index is 5.67. The fourth-order valence-corrected chi connectivity index (χ4v) is 3.20. The number of thiocarbonyl (C=S) groups is 1. The molecule has 0 aromatic carbocycles. The topological polar surface area (TPSA) is 55.5 Å². The molecule has 0 unspecified atom stereocenters. The van der Waals surface area contributed by atoms with Crippen molar-refractivity contribution < 1.29 is 8.83 Å². The third-order valence-corrected chi connectivity index (χ3v) is 4.72. The molecule has 2 aromatic heterocycles. The van der Waals surface area contributed by atoms with E-state index in [0.29, 0.717) is 16.6 Å². The number of nitrogens with two attached hydrogens (primary N) is 1. The zero-order valence-electron chi connectivity index (χ0n) is 9.44. The van der Waals surface area contributed by atoms with E-state index in [1.165, 1.54) is 23.9 Å². The summed E-state index contributed by atoms with van der Waals surface area (Å²) in [7, 11) is 0. The second kappa shape index (κ2) is 6.77. The predicted octanol–water partition coefficient (Wildman–Crippen LogP) is 3.41. The van der Waals surface area contributed by atoms with Crippen LogP contribution in [0.4, 0.5) is 0 Å². The third-order valence-electron chi connectivity index (χ3n) is 1.99. The van der Waals surface area contributed by atoms with Gasteiger partial charge in [-0.3, -0.25) is 0 Å². The summed E-state index contributed by atoms with van der Waals surface area (Å²) in [6, 6.07) is 7.55. The van der Waals surface area contributed by atoms with Crippen LogP contribution < -0.4 is 5.73 Å². The van der Waals surface area contributed by atoms with Gasteiger partial charge in [-0.25, -0.2) is 3.71 Å². The highest BCUT2D eigenvalue weighted by Gasteiger charge is 2.11. The Labute approximate surface area is 119 Å². The van der Waals surface area contributed by atoms with Gasteiger partial charge in [-0.1, -0.05) is 0 Å². The molecule has 7 heteroatoms. The van der Waals surface area contributed by atoms with Crippen LogP contribution in [0.1, 0.15) is 11.5 Å². The van der Waals surface area contributed by atoms with Gasteiger partial charge in [0.25, 0.3) is 0 Å². The van der Waals surface area contributed by atoms with Crippen LogP contribution in [0, 0.1) is 0 Å². The van der Waals surface area contributed by atoms with E-state index < -0.39 is 0 Å². The molecule has 0 bridgehead atoms. The highest BCUT2D eigenvalue weighted by Crippen LogP contribution is 2.27. The van der Waals surface area contributed by atoms with Crippen molar-refractivity contribution in [3.05, 3.63) is 48.3 Å². The van der Waals surface area contributed by atoms with Crippen LogP contribution in [0.15, 0.2) is 45.6 Å². The highest BCUT2D eigenvalue weighted by atomic mass is 32.2. The number of hydrogen-bond donors (Lipinski definition) is 1. The van der Waals surface area contributed by atoms with Gasteiger partial charge in [0.2, 0.25) is 0 Å². The monoisotopic (exact) mass is 300 g/mol. The molecule has 0 atom stereocenters. The van der Waals surface area contributed by atoms with Gasteiger partial charge in [-0.05, 0) is 60.4 Å². The Morgan fingerprint density at radius 3 is 1.94 bits per heavy atom. The Bertz CT molecular complexity index is 432. The van der Waals surface area contributed by atoms with Crippen LogP contribution in [0.3, 0.4) is 0 Å². The molecule has 0 radical (unpaired) electrons. The Kier molecular flexibility index (Phi) is 5.03. The summed E-state index contributed by atoms with van der Waals surface area (Å²) >= 11 is 8.02. The van der Waals surface area contributed by atoms with Gasteiger partial charge in [0, 0.05) is 0 Å². The average molecular weight is 300 g/mol. The van der Waals surface area contributed by atoms with Crippen LogP contribution >= 0.6 is 36.1 Å². The van der Waals surface area contributed by atoms with Crippen molar-refractivity contribution in [3.8, 4) is 0 Å². The molecule has 0 saturated heterocycles. The molecule has 0 spiro atoms. The van der Waals surface area contributed by atoms with E-state index in [1.807, 2.05) is 24.3 Å². The first-order valence-corrected chi connectivity index (χ1v) is 7.45. The van der Waals surface area contributed by atoms with Gasteiger partial charge in [-0.2, -0.15) is 0 Å². The van der Waals surface area contributed by atoms with Gasteiger partial charge in [0.05, 0.1) is 24.0 Å². The summed E-state index contributed by atoms with van der Waals surface area (Å²) in [4.78, 5) is 0. The molecule has 2 rings (SSSR count). The average Bonchev–Trinajstić information content (AvgIpc) is 3.00. The summed E-state index contributed by atoms with van der Waals surface area (Å²) in [6.45, 7) is 0. The lowest BCUT2D eigenvalue weighted by molar-refractivity contribution is 0.529. The minimum absolute atomic E-state index is 0.336. The van der Waals surface area contributed by atoms with E-state index in [9.17, 15) is 0 Å². The molecule has 0 saturated carbocycles. The Balaban J connectivity index is 1.82. The molecule has 0 fully saturated rings. The maximum atomic E-state index is 5.67. The van der Waals surface area contributed by atoms with E-state index in [1.54, 1.807) is 16.2 Å². The quantitative estimate of drug-likeness (QED) is 0.648. The van der Waals surface area contributed by atoms with Crippen LogP contribution in [0.25, 0.3) is 0 Å². The van der Waals surface area contributed by atoms with Gasteiger partial charge in [-0.15, -0.1) is 0 Å². The van der Waals surface area contributed by atoms with Crippen molar-refractivity contribution in [2.24, 2.45) is 5.73 Å². The molecule has 4 nitrogen and oxygen atoms in total. The fourth-order valence-electron chi connectivity index (χ4n) is 1.20. The second-order valence-electron chi connectivity index (χ2n) is 3.30. The molecule has 0 aliphatic rings. The number of rotatable bonds is 6. The molecular formula is C11H12N2O2S3. The molecular weight excluding hydrogens is 288 g/mol. The van der Waals surface area contributed by atoms with Crippen molar-refractivity contribution in [1.82, 2.24) is 3.71 Å². The summed E-state index contributed by atoms with van der Waals surface area (Å²) in [5.74, 6) is 3.16. The zero-order chi connectivity index (χ0) is 12.8. The van der Waals surface area contributed by atoms with Crippen molar-refractivity contribution in [2.75, 3.05) is 0 Å². The first-order valence-electron chi connectivity index (χ1n) is 5.16. The third kappa shape index (κ3) is 4.01. The van der Waals surface area contributed by atoms with E-state index >= 15 is 0 Å². The highest BCUT2D eigenvalue weighted by molar-refractivity contribution is 8.12. The molecule has 18 heavy (non-hydrogen) atoms. The van der Waals surface area contributed by atoms with Gasteiger partial charge in [0.1, 0.15) is 11.5 Å². The van der Waals surface area contributed by atoms with Crippen molar-refractivity contribution in [2.45, 2.75) is 11.5 Å². The van der Waals surface area contributed by atoms with Crippen molar-refractivity contribution in [1.29, 1.82) is 0 Å². The Hall–Kier alpha value is -1.05. The zero-order valence-corrected chi connectivity index (χ0v) is 11.9. The van der Waals surface area contributed by atoms with Gasteiger partial charge >= 0.3 is 0 Å². The largest absolute Gasteiger partial charge is 0.468 e. The van der Waals surface area contributed by atoms with Crippen LogP contribution in [-0.4, -0.2) is 8.82 Å². The lowest BCUT2D eigenvalue weighted by Crippen LogP contribution is -2.24. The Morgan fingerprint density at radius 2 is 1.61 bits per heavy atom. The van der Waals surface area contributed by atoms with Crippen molar-refractivity contribution >= 4 is 41.2 Å². The molecule has 0 amide bonds. The molecule has 2 heterocycles. The smallest absolute Gasteiger partial charge is 0.187 e. The van der Waals surface area contributed by atoms with E-state index in [-0.39, 0.29) is 0 Å². The summed E-state index contributed by atoms with van der Waals surface area (Å²) in [5.41, 5.74) is 5.67. The fraction of sp³-hybridized carbons (Fsp3) is 0.182. The minimum Gasteiger partial charge on any atom is -0.468 e. The molecule has 0 aliphatic carbocycles. The van der Waals surface area contributed by atoms with E-state index in [0.717, 1.165) is 11.5 Å². The van der Waals surface area contributed by atoms with E-state index in [4.69, 9.17) is 26.8 Å². The lowest BCUT2D eigenvalue weighted by Gasteiger charge is -2.18. The summed E-state index contributed by atoms with van der Waals surface area (Å²) in [6.07, 6.45) is 3.30. The minimum atomic E-state index is 0.336. The number of nitrogens with zero attached hydrogens (tertiary/aromatic N) is 1. The maximum Gasteiger partial charge on any atom is 0.187 e. The first-order chi connectivity index (χ1) is 8.75. The molecule has 0 aliphatic heterocycles. The van der Waals surface area contributed by atoms with E-state index in [2.05, 4.69) is 0 Å². The normalized spacial score (nSPS) is 10.4. The van der Waals surface area contributed by atoms with Gasteiger partial charge < -0.3 is 14.6 Å². The standard InChI is InChI=1S/C11H12N2O2S3/c12-11(16)13(17-7-9-3-1-5-14-9)18-8-10-4-2-6-15-10/h1-6H,7-8H2,(H2,12,16). The first kappa shape index (κ1) is 13.4. The predicted molar refractivity (Wildman–Crippen MR) is 78.6 cm³/mol. The van der Waals surface area contributed by atoms with Crippen LogP contribution in [0.2, 0.25) is 0 Å².